The van der Waals surface area contributed by atoms with E-state index in [4.69, 9.17) is 4.55 Å². The number of hydrogen-bond donors (Lipinski definition) is 2. The Kier molecular flexibility index (Phi) is 3.09. The number of hydrogen-bond acceptors (Lipinski definition) is 3. The molecule has 12 heavy (non-hydrogen) atoms. The monoisotopic (exact) mass is 193 g/mol. The minimum absolute atomic E-state index is 0.0752. The van der Waals surface area contributed by atoms with Crippen molar-refractivity contribution < 1.29 is 13.0 Å². The molecule has 4 nitrogen and oxygen atoms in total. The first kappa shape index (κ1) is 9.95. The van der Waals surface area contributed by atoms with Gasteiger partial charge in [0.2, 0.25) is 0 Å². The third-order valence-corrected chi connectivity index (χ3v) is 3.65. The van der Waals surface area contributed by atoms with Crippen LogP contribution >= 0.6 is 0 Å². The molecule has 1 rings (SSSR count). The van der Waals surface area contributed by atoms with E-state index >= 15 is 0 Å². The molecule has 0 saturated carbocycles. The lowest BCUT2D eigenvalue weighted by molar-refractivity contribution is 0.373. The molecule has 1 fully saturated rings. The summed E-state index contributed by atoms with van der Waals surface area (Å²) < 4.78 is 30.3. The van der Waals surface area contributed by atoms with Crippen LogP contribution in [-0.2, 0) is 10.1 Å². The summed E-state index contributed by atoms with van der Waals surface area (Å²) in [5, 5.41) is 2.40. The lowest BCUT2D eigenvalue weighted by atomic mass is 10.0. The van der Waals surface area contributed by atoms with Crippen molar-refractivity contribution in [3.8, 4) is 0 Å². The van der Waals surface area contributed by atoms with Crippen LogP contribution in [0.1, 0.15) is 26.2 Å². The van der Waals surface area contributed by atoms with Gasteiger partial charge in [-0.25, -0.2) is 0 Å². The summed E-state index contributed by atoms with van der Waals surface area (Å²) >= 11 is 0. The van der Waals surface area contributed by atoms with Gasteiger partial charge in [0.25, 0.3) is 10.1 Å². The molecule has 72 valence electrons. The topological polar surface area (TPSA) is 66.4 Å². The van der Waals surface area contributed by atoms with Crippen molar-refractivity contribution in [2.75, 3.05) is 6.54 Å². The van der Waals surface area contributed by atoms with Gasteiger partial charge in [0.15, 0.2) is 0 Å². The van der Waals surface area contributed by atoms with Crippen LogP contribution < -0.4 is 5.32 Å². The molecular formula is C7H15NO3S. The molecule has 1 saturated heterocycles. The Bertz CT molecular complexity index is 231. The van der Waals surface area contributed by atoms with Gasteiger partial charge in [-0.05, 0) is 26.3 Å². The van der Waals surface area contributed by atoms with Crippen molar-refractivity contribution >= 4 is 10.1 Å². The molecule has 0 aliphatic carbocycles. The predicted octanol–water partition coefficient (Wildman–Crippen LogP) is 0.405. The van der Waals surface area contributed by atoms with Crippen LogP contribution in [0.25, 0.3) is 0 Å². The fourth-order valence-corrected chi connectivity index (χ4v) is 2.13. The van der Waals surface area contributed by atoms with Crippen LogP contribution in [0.4, 0.5) is 0 Å². The number of nitrogens with one attached hydrogen (secondary N) is 1. The van der Waals surface area contributed by atoms with Gasteiger partial charge in [0.1, 0.15) is 0 Å². The zero-order valence-electron chi connectivity index (χ0n) is 7.16. The molecule has 0 spiro atoms. The van der Waals surface area contributed by atoms with E-state index in [1.54, 1.807) is 6.92 Å². The lowest BCUT2D eigenvalue weighted by Gasteiger charge is -2.26. The molecule has 0 bridgehead atoms. The third kappa shape index (κ3) is 2.43. The van der Waals surface area contributed by atoms with Crippen LogP contribution in [0.3, 0.4) is 0 Å². The highest BCUT2D eigenvalue weighted by molar-refractivity contribution is 7.86. The van der Waals surface area contributed by atoms with Crippen molar-refractivity contribution in [3.05, 3.63) is 0 Å². The van der Waals surface area contributed by atoms with E-state index in [2.05, 4.69) is 5.32 Å². The molecule has 2 atom stereocenters. The highest BCUT2D eigenvalue weighted by Gasteiger charge is 2.28. The fraction of sp³-hybridized carbons (Fsp3) is 1.00. The standard InChI is InChI=1S/C7H15NO3S/c1-6(12(9,10)11)7-4-2-3-5-8-7/h6-8H,2-5H2,1H3,(H,9,10,11). The summed E-state index contributed by atoms with van der Waals surface area (Å²) in [5.74, 6) is 0. The SMILES string of the molecule is CC(C1CCCCN1)S(=O)(=O)O. The van der Waals surface area contributed by atoms with Gasteiger partial charge in [-0.3, -0.25) is 4.55 Å². The second-order valence-electron chi connectivity index (χ2n) is 3.28. The summed E-state index contributed by atoms with van der Waals surface area (Å²) in [4.78, 5) is 0. The predicted molar refractivity (Wildman–Crippen MR) is 46.7 cm³/mol. The minimum atomic E-state index is -3.86. The minimum Gasteiger partial charge on any atom is -0.313 e. The Morgan fingerprint density at radius 3 is 2.58 bits per heavy atom. The zero-order valence-corrected chi connectivity index (χ0v) is 7.97. The smallest absolute Gasteiger partial charge is 0.269 e. The molecule has 5 heteroatoms. The molecule has 2 N–H and O–H groups in total. The average molecular weight is 193 g/mol. The zero-order chi connectivity index (χ0) is 9.19. The first-order valence-electron chi connectivity index (χ1n) is 4.21. The summed E-state index contributed by atoms with van der Waals surface area (Å²) in [6, 6.07) is -0.0752. The van der Waals surface area contributed by atoms with E-state index in [1.165, 1.54) is 0 Å². The van der Waals surface area contributed by atoms with E-state index in [9.17, 15) is 8.42 Å². The molecule has 1 aliphatic heterocycles. The second kappa shape index (κ2) is 3.72. The van der Waals surface area contributed by atoms with E-state index in [0.717, 1.165) is 25.8 Å². The molecule has 1 heterocycles. The van der Waals surface area contributed by atoms with Crippen molar-refractivity contribution in [1.82, 2.24) is 5.32 Å². The highest BCUT2D eigenvalue weighted by Crippen LogP contribution is 2.14. The molecule has 0 aromatic heterocycles. The molecule has 0 aromatic carbocycles. The maximum atomic E-state index is 10.7. The first-order valence-corrected chi connectivity index (χ1v) is 5.72. The fourth-order valence-electron chi connectivity index (χ4n) is 1.49. The Balaban J connectivity index is 2.57. The normalized spacial score (nSPS) is 28.3. The maximum Gasteiger partial charge on any atom is 0.269 e. The summed E-state index contributed by atoms with van der Waals surface area (Å²) in [6.07, 6.45) is 2.97. The number of piperidine rings is 1. The summed E-state index contributed by atoms with van der Waals surface area (Å²) in [6.45, 7) is 2.39. The largest absolute Gasteiger partial charge is 0.313 e. The summed E-state index contributed by atoms with van der Waals surface area (Å²) in [5.41, 5.74) is 0. The molecule has 0 amide bonds. The molecule has 2 unspecified atom stereocenters. The van der Waals surface area contributed by atoms with Crippen molar-refractivity contribution in [1.29, 1.82) is 0 Å². The maximum absolute atomic E-state index is 10.7. The van der Waals surface area contributed by atoms with Gasteiger partial charge in [-0.1, -0.05) is 6.42 Å². The Morgan fingerprint density at radius 2 is 2.17 bits per heavy atom. The quantitative estimate of drug-likeness (QED) is 0.623. The van der Waals surface area contributed by atoms with Gasteiger partial charge in [-0.2, -0.15) is 8.42 Å². The van der Waals surface area contributed by atoms with E-state index < -0.39 is 15.4 Å². The van der Waals surface area contributed by atoms with E-state index in [-0.39, 0.29) is 6.04 Å². The summed E-state index contributed by atoms with van der Waals surface area (Å²) in [7, 11) is -3.86. The van der Waals surface area contributed by atoms with E-state index in [1.807, 2.05) is 0 Å². The van der Waals surface area contributed by atoms with Gasteiger partial charge < -0.3 is 5.32 Å². The van der Waals surface area contributed by atoms with Crippen LogP contribution in [0, 0.1) is 0 Å². The highest BCUT2D eigenvalue weighted by atomic mass is 32.2. The van der Waals surface area contributed by atoms with Crippen molar-refractivity contribution in [3.63, 3.8) is 0 Å². The Hall–Kier alpha value is -0.130. The van der Waals surface area contributed by atoms with Gasteiger partial charge in [-0.15, -0.1) is 0 Å². The van der Waals surface area contributed by atoms with Gasteiger partial charge in [0, 0.05) is 6.04 Å². The van der Waals surface area contributed by atoms with E-state index in [0.29, 0.717) is 0 Å². The Morgan fingerprint density at radius 1 is 1.50 bits per heavy atom. The molecule has 0 radical (unpaired) electrons. The first-order chi connectivity index (χ1) is 5.52. The third-order valence-electron chi connectivity index (χ3n) is 2.38. The van der Waals surface area contributed by atoms with Crippen LogP contribution in [0.2, 0.25) is 0 Å². The average Bonchev–Trinajstić information content (AvgIpc) is 2.03. The van der Waals surface area contributed by atoms with Crippen molar-refractivity contribution in [2.24, 2.45) is 0 Å². The molecular weight excluding hydrogens is 178 g/mol. The number of rotatable bonds is 2. The van der Waals surface area contributed by atoms with Crippen LogP contribution in [-0.4, -0.2) is 30.8 Å². The van der Waals surface area contributed by atoms with Gasteiger partial charge in [0.05, 0.1) is 5.25 Å². The van der Waals surface area contributed by atoms with Crippen LogP contribution in [0.5, 0.6) is 0 Å². The lowest BCUT2D eigenvalue weighted by Crippen LogP contribution is -2.45. The Labute approximate surface area is 73.1 Å². The molecule has 0 aromatic rings. The molecule has 1 aliphatic rings. The second-order valence-corrected chi connectivity index (χ2v) is 5.05. The van der Waals surface area contributed by atoms with Crippen molar-refractivity contribution in [2.45, 2.75) is 37.5 Å². The van der Waals surface area contributed by atoms with Crippen LogP contribution in [0.15, 0.2) is 0 Å². The van der Waals surface area contributed by atoms with Gasteiger partial charge >= 0.3 is 0 Å².